The fourth-order valence-corrected chi connectivity index (χ4v) is 0.598. The Bertz CT molecular complexity index is 286. The zero-order valence-corrected chi connectivity index (χ0v) is 14.1. The van der Waals surface area contributed by atoms with Gasteiger partial charge in [0, 0.05) is 11.4 Å². The van der Waals surface area contributed by atoms with Crippen molar-refractivity contribution in [3.05, 3.63) is 46.5 Å². The van der Waals surface area contributed by atoms with Crippen LogP contribution in [-0.2, 0) is 21.7 Å². The predicted molar refractivity (Wildman–Crippen MR) is 75.0 cm³/mol. The van der Waals surface area contributed by atoms with Crippen molar-refractivity contribution in [1.82, 2.24) is 20.4 Å². The van der Waals surface area contributed by atoms with Gasteiger partial charge in [0.1, 0.15) is 0 Å². The van der Waals surface area contributed by atoms with Crippen LogP contribution in [-0.4, -0.2) is 38.4 Å². The molecule has 0 saturated carbocycles. The Morgan fingerprint density at radius 1 is 0.789 bits per heavy atom. The molecular weight excluding hydrogens is 276 g/mol. The maximum atomic E-state index is 3.67. The van der Waals surface area contributed by atoms with Gasteiger partial charge in [-0.2, -0.15) is 40.6 Å². The van der Waals surface area contributed by atoms with Gasteiger partial charge in [-0.05, 0) is 13.8 Å². The molecule has 0 radical (unpaired) electrons. The third-order valence-electron chi connectivity index (χ3n) is 1.20. The minimum atomic E-state index is 0. The fraction of sp³-hybridized carbons (Fsp3) is 0.500. The molecule has 0 aliphatic carbocycles. The minimum absolute atomic E-state index is 0. The normalized spacial score (nSPS) is 7.47. The van der Waals surface area contributed by atoms with Gasteiger partial charge in [-0.3, -0.25) is 0 Å². The quantitative estimate of drug-likeness (QED) is 0.696. The van der Waals surface area contributed by atoms with Crippen LogP contribution in [0, 0.1) is 13.8 Å². The minimum Gasteiger partial charge on any atom is -0.668 e. The molecule has 2 rings (SSSR count). The summed E-state index contributed by atoms with van der Waals surface area (Å²) in [5, 5.41) is 21.5. The molecule has 7 heteroatoms. The van der Waals surface area contributed by atoms with Crippen LogP contribution in [0.25, 0.3) is 10.6 Å². The maximum absolute atomic E-state index is 3.67. The van der Waals surface area contributed by atoms with E-state index in [4.69, 9.17) is 0 Å². The van der Waals surface area contributed by atoms with Gasteiger partial charge in [-0.25, -0.2) is 0 Å². The standard InChI is InChI=1S/2C4H5N2.2C2H6N.Ti/c2*1-4-2-3-5-6-4;2*1-3-2;/h2*2-3H,1H3;2*1-2H3;/q4*-1;+4. The monoisotopic (exact) mass is 298 g/mol. The average Bonchev–Trinajstić information content (AvgIpc) is 2.95. The first-order valence-electron chi connectivity index (χ1n) is 5.40. The zero-order valence-electron chi connectivity index (χ0n) is 12.5. The topological polar surface area (TPSA) is 82.2 Å². The molecule has 0 atom stereocenters. The first-order chi connectivity index (χ1) is 8.62. The van der Waals surface area contributed by atoms with E-state index in [1.807, 2.05) is 26.0 Å². The van der Waals surface area contributed by atoms with E-state index in [-0.39, 0.29) is 21.7 Å². The summed E-state index contributed by atoms with van der Waals surface area (Å²) in [4.78, 5) is 0. The summed E-state index contributed by atoms with van der Waals surface area (Å²) in [7, 11) is 7.00. The first-order valence-corrected chi connectivity index (χ1v) is 5.40. The van der Waals surface area contributed by atoms with Crippen molar-refractivity contribution < 1.29 is 21.7 Å². The number of hydrogen-bond acceptors (Lipinski definition) is 2. The number of aryl methyl sites for hydroxylation is 2. The number of aromatic nitrogens is 4. The number of rotatable bonds is 0. The Morgan fingerprint density at radius 3 is 1.11 bits per heavy atom. The first kappa shape index (κ1) is 23.2. The molecule has 0 aromatic carbocycles. The van der Waals surface area contributed by atoms with Crippen LogP contribution in [0.15, 0.2) is 24.5 Å². The molecule has 0 bridgehead atoms. The predicted octanol–water partition coefficient (Wildman–Crippen LogP) is 1.93. The summed E-state index contributed by atoms with van der Waals surface area (Å²) in [6.07, 6.45) is 3.35. The van der Waals surface area contributed by atoms with Gasteiger partial charge >= 0.3 is 21.7 Å². The van der Waals surface area contributed by atoms with Crippen LogP contribution in [0.3, 0.4) is 0 Å². The van der Waals surface area contributed by atoms with Crippen molar-refractivity contribution in [1.29, 1.82) is 0 Å². The van der Waals surface area contributed by atoms with Crippen LogP contribution >= 0.6 is 0 Å². The van der Waals surface area contributed by atoms with Crippen LogP contribution in [0.4, 0.5) is 0 Å². The van der Waals surface area contributed by atoms with Crippen molar-refractivity contribution in [2.45, 2.75) is 13.8 Å². The molecule has 0 N–H and O–H groups in total. The van der Waals surface area contributed by atoms with E-state index in [1.54, 1.807) is 40.6 Å². The number of hydrogen-bond donors (Lipinski definition) is 0. The third kappa shape index (κ3) is 22.7. The van der Waals surface area contributed by atoms with Gasteiger partial charge in [-0.15, -0.1) is 0 Å². The smallest absolute Gasteiger partial charge is 0.668 e. The van der Waals surface area contributed by atoms with E-state index in [0.717, 1.165) is 11.4 Å². The van der Waals surface area contributed by atoms with Crippen molar-refractivity contribution in [3.8, 4) is 0 Å². The van der Waals surface area contributed by atoms with Crippen LogP contribution < -0.4 is 10.2 Å². The summed E-state index contributed by atoms with van der Waals surface area (Å²) in [6.45, 7) is 3.82. The van der Waals surface area contributed by atoms with Crippen molar-refractivity contribution in [2.75, 3.05) is 28.2 Å². The molecule has 0 fully saturated rings. The van der Waals surface area contributed by atoms with Crippen LogP contribution in [0.1, 0.15) is 11.4 Å². The van der Waals surface area contributed by atoms with E-state index in [2.05, 4.69) is 31.0 Å². The Balaban J connectivity index is -0.000000188. The van der Waals surface area contributed by atoms with Gasteiger partial charge < -0.3 is 31.0 Å². The number of nitrogens with zero attached hydrogens (tertiary/aromatic N) is 6. The molecular formula is C12H22N6Ti. The molecule has 2 heterocycles. The second-order valence-electron chi connectivity index (χ2n) is 3.24. The van der Waals surface area contributed by atoms with Crippen LogP contribution in [0.5, 0.6) is 0 Å². The Hall–Kier alpha value is -0.946. The molecule has 0 spiro atoms. The summed E-state index contributed by atoms with van der Waals surface area (Å²) >= 11 is 0. The molecule has 0 amide bonds. The van der Waals surface area contributed by atoms with E-state index in [0.29, 0.717) is 0 Å². The summed E-state index contributed by atoms with van der Waals surface area (Å²) in [6, 6.07) is 3.72. The molecule has 19 heavy (non-hydrogen) atoms. The summed E-state index contributed by atoms with van der Waals surface area (Å²) in [5.74, 6) is 0. The van der Waals surface area contributed by atoms with E-state index in [1.165, 1.54) is 0 Å². The SMILES string of the molecule is C[N-]C.C[N-]C.Cc1cc[n-]n1.Cc1cc[n-]n1.[Ti+4]. The van der Waals surface area contributed by atoms with Crippen LogP contribution in [0.2, 0.25) is 0 Å². The van der Waals surface area contributed by atoms with E-state index >= 15 is 0 Å². The van der Waals surface area contributed by atoms with Gasteiger partial charge in [0.25, 0.3) is 0 Å². The zero-order chi connectivity index (χ0) is 14.2. The van der Waals surface area contributed by atoms with Crippen molar-refractivity contribution >= 4 is 0 Å². The summed E-state index contributed by atoms with van der Waals surface area (Å²) in [5.41, 5.74) is 1.96. The summed E-state index contributed by atoms with van der Waals surface area (Å²) < 4.78 is 0. The Kier molecular flexibility index (Phi) is 23.7. The van der Waals surface area contributed by atoms with Gasteiger partial charge in [-0.1, -0.05) is 12.1 Å². The second-order valence-corrected chi connectivity index (χ2v) is 3.24. The fourth-order valence-electron chi connectivity index (χ4n) is 0.598. The second kappa shape index (κ2) is 19.4. The Morgan fingerprint density at radius 2 is 1.05 bits per heavy atom. The molecule has 0 saturated heterocycles. The molecule has 104 valence electrons. The molecule has 2 aromatic heterocycles. The average molecular weight is 298 g/mol. The Labute approximate surface area is 131 Å². The molecule has 0 aliphatic rings. The third-order valence-corrected chi connectivity index (χ3v) is 1.20. The largest absolute Gasteiger partial charge is 4.00 e. The van der Waals surface area contributed by atoms with Gasteiger partial charge in [0.2, 0.25) is 0 Å². The molecule has 0 unspecified atom stereocenters. The van der Waals surface area contributed by atoms with E-state index in [9.17, 15) is 0 Å². The maximum Gasteiger partial charge on any atom is 4.00 e. The molecule has 6 nitrogen and oxygen atoms in total. The van der Waals surface area contributed by atoms with Crippen molar-refractivity contribution in [2.24, 2.45) is 0 Å². The van der Waals surface area contributed by atoms with Gasteiger partial charge in [0.15, 0.2) is 0 Å². The molecule has 2 aromatic rings. The van der Waals surface area contributed by atoms with Crippen molar-refractivity contribution in [3.63, 3.8) is 0 Å². The van der Waals surface area contributed by atoms with Gasteiger partial charge in [0.05, 0.1) is 0 Å². The molecule has 0 aliphatic heterocycles. The van der Waals surface area contributed by atoms with E-state index < -0.39 is 0 Å².